The largest absolute Gasteiger partial charge is 0.478 e. The molecule has 0 aromatic heterocycles. The molecule has 0 aliphatic heterocycles. The van der Waals surface area contributed by atoms with Crippen LogP contribution in [0.5, 0.6) is 0 Å². The summed E-state index contributed by atoms with van der Waals surface area (Å²) in [5, 5.41) is 12.4. The molecule has 0 spiro atoms. The van der Waals surface area contributed by atoms with E-state index in [4.69, 9.17) is 33.7 Å². The van der Waals surface area contributed by atoms with Crippen LogP contribution in [0.15, 0.2) is 18.2 Å². The van der Waals surface area contributed by atoms with Crippen molar-refractivity contribution in [3.05, 3.63) is 33.8 Å². The fourth-order valence-electron chi connectivity index (χ4n) is 1.68. The quantitative estimate of drug-likeness (QED) is 0.680. The summed E-state index contributed by atoms with van der Waals surface area (Å²) in [6, 6.07) is 4.77. The minimum absolute atomic E-state index is 0.251. The van der Waals surface area contributed by atoms with E-state index in [9.17, 15) is 14.7 Å². The van der Waals surface area contributed by atoms with Crippen molar-refractivity contribution in [2.24, 2.45) is 5.73 Å². The maximum atomic E-state index is 12.1. The van der Waals surface area contributed by atoms with E-state index in [0.29, 0.717) is 5.56 Å². The lowest BCUT2D eigenvalue weighted by Gasteiger charge is -2.32. The first-order chi connectivity index (χ1) is 10.0. The summed E-state index contributed by atoms with van der Waals surface area (Å²) in [5.41, 5.74) is 2.73. The summed E-state index contributed by atoms with van der Waals surface area (Å²) in [7, 11) is 1.17. The summed E-state index contributed by atoms with van der Waals surface area (Å²) < 4.78 is 5.07. The van der Waals surface area contributed by atoms with Gasteiger partial charge >= 0.3 is 5.97 Å². The summed E-state index contributed by atoms with van der Waals surface area (Å²) >= 11 is 12.1. The Labute approximate surface area is 138 Å². The maximum absolute atomic E-state index is 12.1. The third-order valence-corrected chi connectivity index (χ3v) is 3.79. The van der Waals surface area contributed by atoms with Gasteiger partial charge in [0.05, 0.1) is 5.54 Å². The van der Waals surface area contributed by atoms with Crippen LogP contribution in [0.3, 0.4) is 0 Å². The topological polar surface area (TPSA) is 102 Å². The lowest BCUT2D eigenvalue weighted by Crippen LogP contribution is -2.63. The Hall–Kier alpha value is -1.34. The first-order valence-corrected chi connectivity index (χ1v) is 7.12. The Kier molecular flexibility index (Phi) is 5.81. The third-order valence-electron chi connectivity index (χ3n) is 3.08. The van der Waals surface area contributed by atoms with Crippen LogP contribution in [0.1, 0.15) is 19.4 Å². The van der Waals surface area contributed by atoms with Crippen LogP contribution in [0.2, 0.25) is 10.0 Å². The van der Waals surface area contributed by atoms with Crippen LogP contribution in [0, 0.1) is 0 Å². The van der Waals surface area contributed by atoms with Gasteiger partial charge in [0.25, 0.3) is 0 Å². The number of amides is 1. The summed E-state index contributed by atoms with van der Waals surface area (Å²) in [6.45, 7) is 2.90. The van der Waals surface area contributed by atoms with Gasteiger partial charge in [0.15, 0.2) is 0 Å². The molecule has 1 atom stereocenters. The number of nitrogens with one attached hydrogen (secondary N) is 1. The predicted molar refractivity (Wildman–Crippen MR) is 84.0 cm³/mol. The molecule has 8 heteroatoms. The Balaban J connectivity index is 3.24. The summed E-state index contributed by atoms with van der Waals surface area (Å²) in [6.07, 6.45) is -0.251. The van der Waals surface area contributed by atoms with Crippen LogP contribution in [0.25, 0.3) is 0 Å². The lowest BCUT2D eigenvalue weighted by atomic mass is 9.99. The fraction of sp³-hybridized carbons (Fsp3) is 0.429. The first-order valence-electron chi connectivity index (χ1n) is 6.36. The van der Waals surface area contributed by atoms with Crippen molar-refractivity contribution in [3.8, 4) is 0 Å². The zero-order valence-electron chi connectivity index (χ0n) is 12.4. The van der Waals surface area contributed by atoms with Gasteiger partial charge in [-0.25, -0.2) is 4.79 Å². The Bertz CT molecular complexity index is 566. The Morgan fingerprint density at radius 2 is 1.82 bits per heavy atom. The van der Waals surface area contributed by atoms with Gasteiger partial charge in [-0.3, -0.25) is 4.79 Å². The van der Waals surface area contributed by atoms with E-state index in [-0.39, 0.29) is 16.5 Å². The molecule has 122 valence electrons. The highest BCUT2D eigenvalue weighted by Gasteiger charge is 2.43. The highest BCUT2D eigenvalue weighted by atomic mass is 35.5. The number of aliphatic carboxylic acids is 1. The molecule has 1 aromatic rings. The number of nitrogens with two attached hydrogens (primary N) is 1. The Morgan fingerprint density at radius 3 is 2.18 bits per heavy atom. The van der Waals surface area contributed by atoms with Crippen molar-refractivity contribution < 1.29 is 19.4 Å². The molecule has 0 saturated heterocycles. The van der Waals surface area contributed by atoms with Crippen molar-refractivity contribution >= 4 is 35.1 Å². The van der Waals surface area contributed by atoms with Crippen molar-refractivity contribution in [1.82, 2.24) is 5.32 Å². The second kappa shape index (κ2) is 6.83. The van der Waals surface area contributed by atoms with E-state index in [2.05, 4.69) is 5.32 Å². The number of benzene rings is 1. The second-order valence-corrected chi connectivity index (χ2v) is 6.20. The second-order valence-electron chi connectivity index (χ2n) is 5.39. The molecule has 0 aliphatic rings. The number of methoxy groups -OCH3 is 1. The normalized spacial score (nSPS) is 14.3. The number of rotatable bonds is 6. The van der Waals surface area contributed by atoms with Gasteiger partial charge in [0.1, 0.15) is 0 Å². The molecule has 1 aromatic carbocycles. The van der Waals surface area contributed by atoms with E-state index >= 15 is 0 Å². The number of hydrogen-bond acceptors (Lipinski definition) is 4. The molecule has 0 saturated carbocycles. The van der Waals surface area contributed by atoms with Crippen molar-refractivity contribution in [2.75, 3.05) is 7.11 Å². The lowest BCUT2D eigenvalue weighted by molar-refractivity contribution is -0.170. The van der Waals surface area contributed by atoms with Crippen molar-refractivity contribution in [1.29, 1.82) is 0 Å². The van der Waals surface area contributed by atoms with Crippen LogP contribution in [0.4, 0.5) is 0 Å². The molecule has 22 heavy (non-hydrogen) atoms. The number of carbonyl (C=O) groups excluding carboxylic acids is 1. The molecule has 6 nitrogen and oxygen atoms in total. The SMILES string of the molecule is CO[C@@](Cc1c(Cl)cccc1Cl)(NC(=O)C(C)(C)N)C(=O)O. The zero-order chi connectivity index (χ0) is 17.1. The van der Waals surface area contributed by atoms with E-state index in [1.165, 1.54) is 21.0 Å². The molecule has 0 fully saturated rings. The molecule has 4 N–H and O–H groups in total. The number of hydrogen-bond donors (Lipinski definition) is 3. The minimum atomic E-state index is -2.03. The smallest absolute Gasteiger partial charge is 0.357 e. The number of ether oxygens (including phenoxy) is 1. The first kappa shape index (κ1) is 18.7. The number of carbonyl (C=O) groups is 2. The third kappa shape index (κ3) is 4.10. The molecular weight excluding hydrogens is 331 g/mol. The highest BCUT2D eigenvalue weighted by molar-refractivity contribution is 6.36. The molecule has 1 amide bonds. The van der Waals surface area contributed by atoms with Gasteiger partial charge in [-0.1, -0.05) is 29.3 Å². The van der Waals surface area contributed by atoms with E-state index in [0.717, 1.165) is 0 Å². The number of carboxylic acid groups (broad SMARTS) is 1. The van der Waals surface area contributed by atoms with E-state index in [1.807, 2.05) is 0 Å². The van der Waals surface area contributed by atoms with Gasteiger partial charge in [-0.05, 0) is 31.5 Å². The van der Waals surface area contributed by atoms with Gasteiger partial charge in [0, 0.05) is 23.6 Å². The van der Waals surface area contributed by atoms with Gasteiger partial charge in [-0.15, -0.1) is 0 Å². The summed E-state index contributed by atoms with van der Waals surface area (Å²) in [4.78, 5) is 23.7. The van der Waals surface area contributed by atoms with E-state index < -0.39 is 23.1 Å². The van der Waals surface area contributed by atoms with Crippen LogP contribution < -0.4 is 11.1 Å². The monoisotopic (exact) mass is 348 g/mol. The predicted octanol–water partition coefficient (Wildman–Crippen LogP) is 1.82. The zero-order valence-corrected chi connectivity index (χ0v) is 14.0. The molecule has 0 heterocycles. The van der Waals surface area contributed by atoms with Gasteiger partial charge < -0.3 is 20.9 Å². The number of carboxylic acids is 1. The molecule has 1 rings (SSSR count). The fourth-order valence-corrected chi connectivity index (χ4v) is 2.21. The molecular formula is C14H18Cl2N2O4. The summed E-state index contributed by atoms with van der Waals surface area (Å²) in [5.74, 6) is -2.07. The minimum Gasteiger partial charge on any atom is -0.478 e. The van der Waals surface area contributed by atoms with Crippen LogP contribution in [-0.2, 0) is 20.7 Å². The molecule has 0 bridgehead atoms. The average molecular weight is 349 g/mol. The van der Waals surface area contributed by atoms with Crippen LogP contribution in [-0.4, -0.2) is 35.4 Å². The number of halogens is 2. The van der Waals surface area contributed by atoms with E-state index in [1.54, 1.807) is 18.2 Å². The van der Waals surface area contributed by atoms with Crippen LogP contribution >= 0.6 is 23.2 Å². The van der Waals surface area contributed by atoms with Gasteiger partial charge in [-0.2, -0.15) is 0 Å². The van der Waals surface area contributed by atoms with Crippen molar-refractivity contribution in [3.63, 3.8) is 0 Å². The Morgan fingerprint density at radius 1 is 1.32 bits per heavy atom. The van der Waals surface area contributed by atoms with Crippen molar-refractivity contribution in [2.45, 2.75) is 31.5 Å². The standard InChI is InChI=1S/C14H18Cl2N2O4/c1-13(2,17)11(19)18-14(22-3,12(20)21)7-8-9(15)5-4-6-10(8)16/h4-6H,7,17H2,1-3H3,(H,18,19)(H,20,21)/t14-/m1/s1. The highest BCUT2D eigenvalue weighted by Crippen LogP contribution is 2.29. The molecule has 0 radical (unpaired) electrons. The van der Waals surface area contributed by atoms with Gasteiger partial charge in [0.2, 0.25) is 11.6 Å². The molecule has 0 unspecified atom stereocenters. The maximum Gasteiger partial charge on any atom is 0.357 e. The molecule has 0 aliphatic carbocycles. The average Bonchev–Trinajstić information content (AvgIpc) is 2.40.